The van der Waals surface area contributed by atoms with Crippen LogP contribution in [0.25, 0.3) is 0 Å². The van der Waals surface area contributed by atoms with Gasteiger partial charge in [-0.2, -0.15) is 0 Å². The van der Waals surface area contributed by atoms with Crippen molar-refractivity contribution in [1.29, 1.82) is 0 Å². The van der Waals surface area contributed by atoms with Gasteiger partial charge in [0.2, 0.25) is 8.32 Å². The van der Waals surface area contributed by atoms with Crippen molar-refractivity contribution in [2.75, 3.05) is 0 Å². The maximum atomic E-state index is 12.5. The first kappa shape index (κ1) is 24.9. The minimum absolute atomic E-state index is 0.338. The van der Waals surface area contributed by atoms with Crippen LogP contribution in [-0.2, 0) is 18.6 Å². The lowest BCUT2D eigenvalue weighted by Crippen LogP contribution is -2.53. The van der Waals surface area contributed by atoms with Gasteiger partial charge in [0.25, 0.3) is 5.56 Å². The van der Waals surface area contributed by atoms with Gasteiger partial charge in [-0.3, -0.25) is 14.3 Å². The number of aromatic nitrogens is 2. The van der Waals surface area contributed by atoms with E-state index >= 15 is 0 Å². The van der Waals surface area contributed by atoms with Gasteiger partial charge in [-0.05, 0) is 30.5 Å². The maximum absolute atomic E-state index is 12.5. The Kier molecular flexibility index (Phi) is 6.95. The van der Waals surface area contributed by atoms with E-state index in [1.54, 1.807) is 0 Å². The van der Waals surface area contributed by atoms with Gasteiger partial charge in [0.15, 0.2) is 12.0 Å². The third-order valence-corrected chi connectivity index (χ3v) is 12.8. The van der Waals surface area contributed by atoms with Crippen LogP contribution in [0.3, 0.4) is 0 Å². The number of rotatable bonds is 7. The largest absolute Gasteiger partial charge is 0.400 e. The number of hydrogen-bond donors (Lipinski definition) is 1. The van der Waals surface area contributed by atoms with Crippen molar-refractivity contribution < 1.29 is 18.6 Å². The number of nitrogens with one attached hydrogen (secondary N) is 1. The molecule has 0 radical (unpaired) electrons. The summed E-state index contributed by atoms with van der Waals surface area (Å²) in [6, 6.07) is 1.28. The number of aromatic amines is 1. The summed E-state index contributed by atoms with van der Waals surface area (Å²) in [6.45, 7) is 16.8. The average molecular weight is 465 g/mol. The van der Waals surface area contributed by atoms with Crippen LogP contribution in [0.5, 0.6) is 0 Å². The summed E-state index contributed by atoms with van der Waals surface area (Å²) in [5.41, 5.74) is -0.0441. The van der Waals surface area contributed by atoms with Gasteiger partial charge in [0, 0.05) is 12.3 Å². The van der Waals surface area contributed by atoms with Crippen LogP contribution >= 0.6 is 0 Å². The number of fused-ring (bicyclic) bond motifs is 1. The minimum atomic E-state index is -2.31. The molecule has 2 aliphatic heterocycles. The minimum Gasteiger partial charge on any atom is -0.400 e. The normalized spacial score (nSPS) is 28.3. The van der Waals surface area contributed by atoms with Crippen LogP contribution in [0.15, 0.2) is 21.9 Å². The highest BCUT2D eigenvalue weighted by Gasteiger charge is 2.59. The Hall–Kier alpha value is -1.70. The van der Waals surface area contributed by atoms with Gasteiger partial charge in [-0.25, -0.2) is 4.79 Å². The zero-order valence-corrected chi connectivity index (χ0v) is 21.2. The molecule has 2 aliphatic rings. The summed E-state index contributed by atoms with van der Waals surface area (Å²) in [7, 11) is -2.31. The van der Waals surface area contributed by atoms with Crippen LogP contribution in [-0.4, -0.2) is 48.1 Å². The van der Waals surface area contributed by atoms with Crippen molar-refractivity contribution in [3.63, 3.8) is 0 Å². The Balaban J connectivity index is 2.01. The first-order valence-electron chi connectivity index (χ1n) is 11.3. The molecule has 1 N–H and O–H groups in total. The van der Waals surface area contributed by atoms with Crippen molar-refractivity contribution in [3.05, 3.63) is 33.1 Å². The van der Waals surface area contributed by atoms with E-state index in [0.717, 1.165) is 0 Å². The highest BCUT2D eigenvalue weighted by atomic mass is 28.4. The first-order valence-corrected chi connectivity index (χ1v) is 13.4. The molecule has 8 nitrogen and oxygen atoms in total. The lowest BCUT2D eigenvalue weighted by molar-refractivity contribution is -0.203. The summed E-state index contributed by atoms with van der Waals surface area (Å²) >= 11 is 0. The predicted molar refractivity (Wildman–Crippen MR) is 124 cm³/mol. The highest BCUT2D eigenvalue weighted by molar-refractivity contribution is 6.77. The van der Waals surface area contributed by atoms with E-state index in [1.165, 1.54) is 16.8 Å². The zero-order valence-electron chi connectivity index (χ0n) is 20.2. The second-order valence-electron chi connectivity index (χ2n) is 10.1. The number of terminal acetylenes is 1. The molecule has 5 atom stereocenters. The van der Waals surface area contributed by atoms with Crippen LogP contribution in [0.4, 0.5) is 0 Å². The molecule has 3 rings (SSSR count). The van der Waals surface area contributed by atoms with E-state index in [9.17, 15) is 9.59 Å². The monoisotopic (exact) mass is 464 g/mol. The smallest absolute Gasteiger partial charge is 0.330 e. The van der Waals surface area contributed by atoms with E-state index in [4.69, 9.17) is 25.1 Å². The summed E-state index contributed by atoms with van der Waals surface area (Å²) in [4.78, 5) is 26.3. The molecule has 32 heavy (non-hydrogen) atoms. The fourth-order valence-corrected chi connectivity index (χ4v) is 11.0. The molecule has 9 heteroatoms. The van der Waals surface area contributed by atoms with Crippen molar-refractivity contribution in [3.8, 4) is 12.3 Å². The van der Waals surface area contributed by atoms with Crippen molar-refractivity contribution in [2.45, 2.75) is 108 Å². The van der Waals surface area contributed by atoms with Crippen LogP contribution in [0.1, 0.15) is 61.6 Å². The van der Waals surface area contributed by atoms with Gasteiger partial charge in [0.05, 0.1) is 0 Å². The van der Waals surface area contributed by atoms with Crippen LogP contribution in [0, 0.1) is 12.3 Å². The molecule has 178 valence electrons. The van der Waals surface area contributed by atoms with Crippen LogP contribution in [0.2, 0.25) is 16.6 Å². The third kappa shape index (κ3) is 4.27. The standard InChI is InChI=1S/C23H36N2O6Si/c1-10-16(31-32(13(2)3,14(4)5)15(6)7)18-19-20(30-23(8,9)29-19)21(28-18)25-12-11-17(26)24-22(25)27/h1,11-16,18-21H,2-9H3,(H,24,26,27)/t16-,18-,19-,20-,21-/m1/s1. The van der Waals surface area contributed by atoms with Gasteiger partial charge in [0.1, 0.15) is 24.4 Å². The molecular weight excluding hydrogens is 428 g/mol. The van der Waals surface area contributed by atoms with E-state index in [0.29, 0.717) is 16.6 Å². The van der Waals surface area contributed by atoms with Gasteiger partial charge >= 0.3 is 5.69 Å². The predicted octanol–water partition coefficient (Wildman–Crippen LogP) is 3.15. The number of H-pyrrole nitrogens is 1. The fraction of sp³-hybridized carbons (Fsp3) is 0.739. The average Bonchev–Trinajstić information content (AvgIpc) is 3.15. The Bertz CT molecular complexity index is 954. The Morgan fingerprint density at radius 2 is 1.66 bits per heavy atom. The molecular formula is C23H36N2O6Si. The molecule has 1 aromatic heterocycles. The number of nitrogens with zero attached hydrogens (tertiary/aromatic N) is 1. The van der Waals surface area contributed by atoms with E-state index < -0.39 is 56.0 Å². The van der Waals surface area contributed by atoms with E-state index in [2.05, 4.69) is 52.4 Å². The molecule has 0 bridgehead atoms. The SMILES string of the molecule is C#C[C@@H](O[Si](C(C)C)(C(C)C)C(C)C)[C@H]1O[C@@H](n2ccc(=O)[nH]c2=O)[C@@H]2OC(C)(C)O[C@@H]21. The first-order chi connectivity index (χ1) is 14.8. The lowest BCUT2D eigenvalue weighted by atomic mass is 10.1. The van der Waals surface area contributed by atoms with Crippen molar-refractivity contribution in [1.82, 2.24) is 9.55 Å². The number of ether oxygens (including phenoxy) is 3. The molecule has 0 saturated carbocycles. The summed E-state index contributed by atoms with van der Waals surface area (Å²) in [6.07, 6.45) is 4.21. The molecule has 0 unspecified atom stereocenters. The van der Waals surface area contributed by atoms with Gasteiger partial charge in [-0.1, -0.05) is 47.5 Å². The number of hydrogen-bond acceptors (Lipinski definition) is 6. The Morgan fingerprint density at radius 3 is 2.16 bits per heavy atom. The summed E-state index contributed by atoms with van der Waals surface area (Å²) in [5.74, 6) is 1.93. The molecule has 0 amide bonds. The summed E-state index contributed by atoms with van der Waals surface area (Å²) < 4.78 is 26.8. The third-order valence-electron chi connectivity index (χ3n) is 6.69. The molecule has 0 spiro atoms. The van der Waals surface area contributed by atoms with Crippen molar-refractivity contribution >= 4 is 8.32 Å². The molecule has 0 aromatic carbocycles. The Labute approximate surface area is 190 Å². The van der Waals surface area contributed by atoms with E-state index in [-0.39, 0.29) is 0 Å². The lowest BCUT2D eigenvalue weighted by Gasteiger charge is -2.44. The molecule has 2 fully saturated rings. The zero-order chi connectivity index (χ0) is 24.0. The van der Waals surface area contributed by atoms with Crippen LogP contribution < -0.4 is 11.2 Å². The molecule has 2 saturated heterocycles. The molecule has 0 aliphatic carbocycles. The van der Waals surface area contributed by atoms with Gasteiger partial charge in [-0.15, -0.1) is 6.42 Å². The summed E-state index contributed by atoms with van der Waals surface area (Å²) in [5, 5.41) is 0. The quantitative estimate of drug-likeness (QED) is 0.492. The van der Waals surface area contributed by atoms with Gasteiger partial charge < -0.3 is 18.6 Å². The fourth-order valence-electron chi connectivity index (χ4n) is 5.53. The topological polar surface area (TPSA) is 91.8 Å². The molecule has 1 aromatic rings. The second kappa shape index (κ2) is 8.91. The molecule has 3 heterocycles. The Morgan fingerprint density at radius 1 is 1.09 bits per heavy atom. The second-order valence-corrected chi connectivity index (χ2v) is 15.5. The maximum Gasteiger partial charge on any atom is 0.330 e. The highest BCUT2D eigenvalue weighted by Crippen LogP contribution is 2.47. The van der Waals surface area contributed by atoms with E-state index in [1.807, 2.05) is 13.8 Å². The van der Waals surface area contributed by atoms with Crippen molar-refractivity contribution in [2.24, 2.45) is 0 Å².